The number of Topliss-reactive ketones (excluding diaryl/α,β-unsaturated/α-hetero) is 1. The lowest BCUT2D eigenvalue weighted by atomic mass is 10.0. The van der Waals surface area contributed by atoms with E-state index < -0.39 is 11.4 Å². The zero-order valence-electron chi connectivity index (χ0n) is 19.6. The highest BCUT2D eigenvalue weighted by molar-refractivity contribution is 5.82. The van der Waals surface area contributed by atoms with Gasteiger partial charge in [0.1, 0.15) is 23.4 Å². The molecule has 2 aromatic carbocycles. The van der Waals surface area contributed by atoms with Crippen LogP contribution in [0.1, 0.15) is 25.3 Å². The third-order valence-electron chi connectivity index (χ3n) is 6.09. The van der Waals surface area contributed by atoms with E-state index >= 15 is 0 Å². The van der Waals surface area contributed by atoms with Gasteiger partial charge in [0.05, 0.1) is 30.6 Å². The molecule has 1 aromatic heterocycles. The summed E-state index contributed by atoms with van der Waals surface area (Å²) in [5.74, 6) is -0.0940. The van der Waals surface area contributed by atoms with Gasteiger partial charge in [-0.1, -0.05) is 6.07 Å². The number of carbonyl (C=O) groups excluding carboxylic acids is 1. The van der Waals surface area contributed by atoms with Gasteiger partial charge in [0, 0.05) is 30.3 Å². The molecular formula is C26H26FN5O3. The van der Waals surface area contributed by atoms with Gasteiger partial charge in [0.15, 0.2) is 5.82 Å². The number of hydrogen-bond acceptors (Lipinski definition) is 7. The Morgan fingerprint density at radius 3 is 2.43 bits per heavy atom. The molecule has 2 N–H and O–H groups in total. The fourth-order valence-electron chi connectivity index (χ4n) is 4.24. The lowest BCUT2D eigenvalue weighted by Crippen LogP contribution is -2.43. The minimum absolute atomic E-state index is 0.0522. The molecule has 1 aliphatic heterocycles. The van der Waals surface area contributed by atoms with Crippen LogP contribution in [0.5, 0.6) is 5.75 Å². The Morgan fingerprint density at radius 1 is 1.20 bits per heavy atom. The summed E-state index contributed by atoms with van der Waals surface area (Å²) in [6.07, 6.45) is 1.41. The van der Waals surface area contributed by atoms with Crippen molar-refractivity contribution in [2.45, 2.75) is 32.4 Å². The summed E-state index contributed by atoms with van der Waals surface area (Å²) in [6.45, 7) is 2.33. The van der Waals surface area contributed by atoms with Crippen molar-refractivity contribution in [1.82, 2.24) is 9.55 Å². The van der Waals surface area contributed by atoms with Crippen LogP contribution in [0.2, 0.25) is 0 Å². The number of ketones is 1. The van der Waals surface area contributed by atoms with E-state index in [1.165, 1.54) is 23.6 Å². The maximum atomic E-state index is 14.6. The third kappa shape index (κ3) is 4.93. The molecule has 0 radical (unpaired) electrons. The summed E-state index contributed by atoms with van der Waals surface area (Å²) in [4.78, 5) is 32.5. The van der Waals surface area contributed by atoms with Gasteiger partial charge in [-0.15, -0.1) is 0 Å². The van der Waals surface area contributed by atoms with Gasteiger partial charge in [0.25, 0.3) is 5.56 Å². The van der Waals surface area contributed by atoms with E-state index in [1.807, 2.05) is 11.0 Å². The lowest BCUT2D eigenvalue weighted by molar-refractivity contribution is -0.117. The number of nitriles is 1. The first-order valence-electron chi connectivity index (χ1n) is 11.3. The number of aromatic nitrogens is 2. The number of benzene rings is 2. The Morgan fingerprint density at radius 2 is 1.86 bits per heavy atom. The minimum Gasteiger partial charge on any atom is -0.497 e. The maximum Gasteiger partial charge on any atom is 0.294 e. The number of piperidine rings is 1. The molecule has 0 spiro atoms. The minimum atomic E-state index is -0.692. The molecule has 0 saturated carbocycles. The van der Waals surface area contributed by atoms with Crippen LogP contribution in [0.3, 0.4) is 0 Å². The van der Waals surface area contributed by atoms with Gasteiger partial charge < -0.3 is 15.4 Å². The molecule has 1 fully saturated rings. The number of anilines is 1. The molecule has 2 heterocycles. The molecule has 0 amide bonds. The highest BCUT2D eigenvalue weighted by Gasteiger charge is 2.26. The molecule has 0 atom stereocenters. The number of ether oxygens (including phenoxy) is 1. The van der Waals surface area contributed by atoms with Crippen LogP contribution >= 0.6 is 0 Å². The van der Waals surface area contributed by atoms with Crippen LogP contribution in [-0.2, 0) is 11.3 Å². The van der Waals surface area contributed by atoms with Gasteiger partial charge in [-0.25, -0.2) is 9.37 Å². The highest BCUT2D eigenvalue weighted by atomic mass is 19.1. The zero-order valence-corrected chi connectivity index (χ0v) is 19.6. The number of methoxy groups -OCH3 is 1. The van der Waals surface area contributed by atoms with E-state index in [0.29, 0.717) is 54.2 Å². The summed E-state index contributed by atoms with van der Waals surface area (Å²) in [6, 6.07) is 13.1. The highest BCUT2D eigenvalue weighted by Crippen LogP contribution is 2.33. The predicted octanol–water partition coefficient (Wildman–Crippen LogP) is 3.11. The van der Waals surface area contributed by atoms with Crippen molar-refractivity contribution in [2.24, 2.45) is 5.73 Å². The molecule has 1 aliphatic rings. The van der Waals surface area contributed by atoms with Crippen molar-refractivity contribution >= 4 is 11.6 Å². The first-order chi connectivity index (χ1) is 16.8. The molecule has 9 heteroatoms. The summed E-state index contributed by atoms with van der Waals surface area (Å²) < 4.78 is 21.3. The fourth-order valence-corrected chi connectivity index (χ4v) is 4.24. The van der Waals surface area contributed by atoms with Crippen molar-refractivity contribution in [1.29, 1.82) is 5.26 Å². The second kappa shape index (κ2) is 10.1. The standard InChI is InChI=1S/C26H26FN5O3/c1-16(33)15-32-24(17-5-7-21(35-2)8-6-17)23(18-3-4-19(14-28)22(27)13-18)30-25(26(32)34)31-11-9-20(29)10-12-31/h3-8,13,20H,9-12,15,29H2,1-2H3. The predicted molar refractivity (Wildman–Crippen MR) is 131 cm³/mol. The Balaban J connectivity index is 2.02. The molecule has 0 unspecified atom stereocenters. The second-order valence-corrected chi connectivity index (χ2v) is 8.59. The number of hydrogen-bond donors (Lipinski definition) is 1. The van der Waals surface area contributed by atoms with Crippen LogP contribution in [0.15, 0.2) is 47.3 Å². The monoisotopic (exact) mass is 475 g/mol. The van der Waals surface area contributed by atoms with E-state index in [2.05, 4.69) is 0 Å². The summed E-state index contributed by atoms with van der Waals surface area (Å²) >= 11 is 0. The van der Waals surface area contributed by atoms with Crippen molar-refractivity contribution in [3.63, 3.8) is 0 Å². The topological polar surface area (TPSA) is 114 Å². The number of rotatable bonds is 6. The smallest absolute Gasteiger partial charge is 0.294 e. The molecule has 1 saturated heterocycles. The van der Waals surface area contributed by atoms with Gasteiger partial charge in [0.2, 0.25) is 0 Å². The fraction of sp³-hybridized carbons (Fsp3) is 0.308. The van der Waals surface area contributed by atoms with E-state index in [1.54, 1.807) is 37.4 Å². The summed E-state index contributed by atoms with van der Waals surface area (Å²) in [7, 11) is 1.55. The van der Waals surface area contributed by atoms with Gasteiger partial charge in [-0.3, -0.25) is 14.2 Å². The van der Waals surface area contributed by atoms with Crippen molar-refractivity contribution in [2.75, 3.05) is 25.1 Å². The third-order valence-corrected chi connectivity index (χ3v) is 6.09. The largest absolute Gasteiger partial charge is 0.497 e. The first kappa shape index (κ1) is 24.1. The molecule has 4 rings (SSSR count). The van der Waals surface area contributed by atoms with Crippen molar-refractivity contribution in [3.8, 4) is 34.3 Å². The Bertz CT molecular complexity index is 1350. The average molecular weight is 476 g/mol. The summed E-state index contributed by atoms with van der Waals surface area (Å²) in [5.41, 5.74) is 7.27. The van der Waals surface area contributed by atoms with E-state index in [-0.39, 0.29) is 29.8 Å². The molecule has 0 aliphatic carbocycles. The molecule has 8 nitrogen and oxygen atoms in total. The number of halogens is 1. The second-order valence-electron chi connectivity index (χ2n) is 8.59. The molecule has 3 aromatic rings. The number of nitrogens with two attached hydrogens (primary N) is 1. The van der Waals surface area contributed by atoms with E-state index in [0.717, 1.165) is 0 Å². The Kier molecular flexibility index (Phi) is 6.94. The van der Waals surface area contributed by atoms with Crippen molar-refractivity contribution in [3.05, 3.63) is 64.2 Å². The van der Waals surface area contributed by atoms with E-state index in [9.17, 15) is 14.0 Å². The maximum absolute atomic E-state index is 14.6. The number of nitrogens with zero attached hydrogens (tertiary/aromatic N) is 4. The van der Waals surface area contributed by atoms with Gasteiger partial charge >= 0.3 is 0 Å². The SMILES string of the molecule is COc1ccc(-c2c(-c3ccc(C#N)c(F)c3)nc(N3CCC(N)CC3)c(=O)n2CC(C)=O)cc1. The molecular weight excluding hydrogens is 449 g/mol. The van der Waals surface area contributed by atoms with Gasteiger partial charge in [-0.05, 0) is 56.2 Å². The lowest BCUT2D eigenvalue weighted by Gasteiger charge is -2.31. The zero-order chi connectivity index (χ0) is 25.1. The molecule has 180 valence electrons. The van der Waals surface area contributed by atoms with Crippen LogP contribution < -0.4 is 20.9 Å². The average Bonchev–Trinajstić information content (AvgIpc) is 2.85. The van der Waals surface area contributed by atoms with Crippen LogP contribution in [0.4, 0.5) is 10.2 Å². The molecule has 0 bridgehead atoms. The van der Waals surface area contributed by atoms with Crippen LogP contribution in [0.25, 0.3) is 22.5 Å². The quantitative estimate of drug-likeness (QED) is 0.583. The van der Waals surface area contributed by atoms with E-state index in [4.69, 9.17) is 20.7 Å². The normalized spacial score (nSPS) is 14.0. The first-order valence-corrected chi connectivity index (χ1v) is 11.3. The Hall–Kier alpha value is -4.03. The number of carbonyl (C=O) groups is 1. The Labute approximate surface area is 202 Å². The molecule has 35 heavy (non-hydrogen) atoms. The van der Waals surface area contributed by atoms with Crippen LogP contribution in [-0.4, -0.2) is 41.6 Å². The summed E-state index contributed by atoms with van der Waals surface area (Å²) in [5, 5.41) is 9.16. The van der Waals surface area contributed by atoms with Crippen LogP contribution in [0, 0.1) is 17.1 Å². The van der Waals surface area contributed by atoms with Gasteiger partial charge in [-0.2, -0.15) is 5.26 Å². The van der Waals surface area contributed by atoms with Crippen molar-refractivity contribution < 1.29 is 13.9 Å².